The van der Waals surface area contributed by atoms with Crippen molar-refractivity contribution in [1.82, 2.24) is 0 Å². The van der Waals surface area contributed by atoms with E-state index in [9.17, 15) is 0 Å². The Bertz CT molecular complexity index is 485. The molecule has 0 fully saturated rings. The van der Waals surface area contributed by atoms with E-state index >= 15 is 0 Å². The molecule has 0 heterocycles. The first-order valence-electron chi connectivity index (χ1n) is 6.79. The van der Waals surface area contributed by atoms with Gasteiger partial charge in [0.1, 0.15) is 0 Å². The summed E-state index contributed by atoms with van der Waals surface area (Å²) in [6.07, 6.45) is 0. The maximum absolute atomic E-state index is 3.72. The maximum Gasteiger partial charge on any atom is 4.00 e. The molecule has 0 spiro atoms. The summed E-state index contributed by atoms with van der Waals surface area (Å²) in [4.78, 5) is 0. The molecule has 0 aromatic heterocycles. The molecule has 0 aliphatic rings. The molecule has 0 unspecified atom stereocenters. The van der Waals surface area contributed by atoms with Crippen LogP contribution in [0.3, 0.4) is 0 Å². The minimum absolute atomic E-state index is 0. The molecule has 0 saturated heterocycles. The molecule has 3 rings (SSSR count). The monoisotopic (exact) mass is 378 g/mol. The van der Waals surface area contributed by atoms with Crippen LogP contribution in [0.1, 0.15) is 16.7 Å². The first-order valence-corrected chi connectivity index (χ1v) is 6.79. The van der Waals surface area contributed by atoms with Crippen LogP contribution in [0.5, 0.6) is 0 Å². The van der Waals surface area contributed by atoms with E-state index in [0.717, 1.165) is 16.7 Å². The van der Waals surface area contributed by atoms with Gasteiger partial charge in [0.25, 0.3) is 0 Å². The first-order chi connectivity index (χ1) is 10.2. The van der Waals surface area contributed by atoms with Crippen LogP contribution in [0.4, 0.5) is 0 Å². The number of hydrogen-bond donors (Lipinski definition) is 0. The molecule has 0 radical (unpaired) electrons. The number of benzene rings is 3. The van der Waals surface area contributed by atoms with Gasteiger partial charge in [-0.2, -0.15) is 73.9 Å². The molecule has 3 aromatic rings. The van der Waals surface area contributed by atoms with E-state index in [2.05, 4.69) is 20.8 Å². The topological polar surface area (TPSA) is 0 Å². The van der Waals surface area contributed by atoms with Crippen LogP contribution < -0.4 is 0 Å². The van der Waals surface area contributed by atoms with Crippen molar-refractivity contribution in [3.63, 3.8) is 0 Å². The molecule has 3 aromatic carbocycles. The van der Waals surface area contributed by atoms with Crippen molar-refractivity contribution in [1.29, 1.82) is 0 Å². The zero-order valence-electron chi connectivity index (χ0n) is 13.8. The van der Waals surface area contributed by atoms with Crippen molar-refractivity contribution in [2.75, 3.05) is 0 Å². The summed E-state index contributed by atoms with van der Waals surface area (Å²) in [5, 5.41) is 0. The summed E-state index contributed by atoms with van der Waals surface area (Å²) in [6, 6.07) is 29.6. The summed E-state index contributed by atoms with van der Waals surface area (Å²) >= 11 is 0. The molecule has 0 amide bonds. The molecule has 116 valence electrons. The number of rotatable bonds is 0. The molecule has 0 aliphatic heterocycles. The van der Waals surface area contributed by atoms with Gasteiger partial charge in [0.05, 0.1) is 0 Å². The Kier molecular flexibility index (Phi) is 15.3. The summed E-state index contributed by atoms with van der Waals surface area (Å²) in [5.41, 5.74) is 3.22. The van der Waals surface area contributed by atoms with E-state index in [4.69, 9.17) is 0 Å². The third-order valence-electron chi connectivity index (χ3n) is 2.53. The van der Waals surface area contributed by atoms with Gasteiger partial charge in [-0.3, -0.25) is 0 Å². The Labute approximate surface area is 161 Å². The second-order valence-electron chi connectivity index (χ2n) is 4.46. The summed E-state index contributed by atoms with van der Waals surface area (Å²) in [7, 11) is 0. The molecule has 0 bridgehead atoms. The fraction of sp³-hybridized carbons (Fsp3) is 0. The fourth-order valence-electron chi connectivity index (χ4n) is 1.43. The van der Waals surface area contributed by atoms with Crippen LogP contribution in [0.2, 0.25) is 0 Å². The van der Waals surface area contributed by atoms with Gasteiger partial charge >= 0.3 is 26.2 Å². The Morgan fingerprint density at radius 2 is 0.565 bits per heavy atom. The Morgan fingerprint density at radius 3 is 0.652 bits per heavy atom. The van der Waals surface area contributed by atoms with Gasteiger partial charge in [-0.15, -0.1) is 36.4 Å². The van der Waals surface area contributed by atoms with Gasteiger partial charge in [-0.25, -0.2) is 0 Å². The molecular formula is C22H24Zr. The Morgan fingerprint density at radius 1 is 0.391 bits per heavy atom. The fourth-order valence-corrected chi connectivity index (χ4v) is 1.43. The van der Waals surface area contributed by atoms with E-state index in [0.29, 0.717) is 0 Å². The molecular weight excluding hydrogens is 355 g/mol. The number of hydrogen-bond acceptors (Lipinski definition) is 0. The molecule has 0 aliphatic carbocycles. The van der Waals surface area contributed by atoms with Gasteiger partial charge < -0.3 is 7.43 Å². The van der Waals surface area contributed by atoms with Crippen LogP contribution in [0.25, 0.3) is 0 Å². The summed E-state index contributed by atoms with van der Waals surface area (Å²) in [6.45, 7) is 11.2. The smallest absolute Gasteiger partial charge is 0.358 e. The Balaban J connectivity index is 0. The van der Waals surface area contributed by atoms with Crippen LogP contribution in [0.15, 0.2) is 91.0 Å². The summed E-state index contributed by atoms with van der Waals surface area (Å²) < 4.78 is 0. The minimum atomic E-state index is 0. The molecule has 0 atom stereocenters. The van der Waals surface area contributed by atoms with E-state index in [1.165, 1.54) is 0 Å². The molecule has 0 N–H and O–H groups in total. The minimum Gasteiger partial charge on any atom is -0.358 e. The SMILES string of the molecule is [CH2-]c1ccccc1.[CH2-]c1ccccc1.[CH2-]c1ccccc1.[CH3-].[Zr+4]. The van der Waals surface area contributed by atoms with Gasteiger partial charge in [0.15, 0.2) is 0 Å². The molecule has 0 nitrogen and oxygen atoms in total. The van der Waals surface area contributed by atoms with E-state index in [1.807, 2.05) is 91.0 Å². The van der Waals surface area contributed by atoms with Crippen LogP contribution in [0, 0.1) is 28.2 Å². The quantitative estimate of drug-likeness (QED) is 0.417. The van der Waals surface area contributed by atoms with Gasteiger partial charge in [-0.05, 0) is 0 Å². The van der Waals surface area contributed by atoms with Gasteiger partial charge in [-0.1, -0.05) is 18.2 Å². The van der Waals surface area contributed by atoms with Gasteiger partial charge in [0.2, 0.25) is 0 Å². The van der Waals surface area contributed by atoms with Crippen LogP contribution in [-0.4, -0.2) is 0 Å². The largest absolute Gasteiger partial charge is 4.00 e. The zero-order chi connectivity index (χ0) is 15.3. The first kappa shape index (κ1) is 23.4. The van der Waals surface area contributed by atoms with Crippen molar-refractivity contribution in [2.45, 2.75) is 0 Å². The molecule has 23 heavy (non-hydrogen) atoms. The average Bonchev–Trinajstić information content (AvgIpc) is 2.51. The van der Waals surface area contributed by atoms with Gasteiger partial charge in [0, 0.05) is 0 Å². The van der Waals surface area contributed by atoms with E-state index < -0.39 is 0 Å². The van der Waals surface area contributed by atoms with Crippen LogP contribution >= 0.6 is 0 Å². The third kappa shape index (κ3) is 13.5. The predicted molar refractivity (Wildman–Crippen MR) is 99.1 cm³/mol. The second-order valence-corrected chi connectivity index (χ2v) is 4.46. The maximum atomic E-state index is 3.72. The average molecular weight is 380 g/mol. The van der Waals surface area contributed by atoms with Crippen molar-refractivity contribution >= 4 is 0 Å². The normalized spacial score (nSPS) is 7.83. The van der Waals surface area contributed by atoms with Crippen molar-refractivity contribution in [2.24, 2.45) is 0 Å². The standard InChI is InChI=1S/3C7H7.CH3.Zr/c3*1-7-5-3-2-4-6-7;;/h3*2-6H,1H2;1H3;/q4*-1;+4. The van der Waals surface area contributed by atoms with Crippen molar-refractivity contribution in [3.05, 3.63) is 136 Å². The zero-order valence-corrected chi connectivity index (χ0v) is 16.2. The summed E-state index contributed by atoms with van der Waals surface area (Å²) in [5.74, 6) is 0. The van der Waals surface area contributed by atoms with Crippen molar-refractivity contribution < 1.29 is 26.2 Å². The Hall–Kier alpha value is -1.85. The van der Waals surface area contributed by atoms with E-state index in [-0.39, 0.29) is 33.6 Å². The van der Waals surface area contributed by atoms with Crippen LogP contribution in [-0.2, 0) is 26.2 Å². The second kappa shape index (κ2) is 15.1. The third-order valence-corrected chi connectivity index (χ3v) is 2.53. The van der Waals surface area contributed by atoms with E-state index in [1.54, 1.807) is 0 Å². The van der Waals surface area contributed by atoms with Crippen molar-refractivity contribution in [3.8, 4) is 0 Å². The molecule has 1 heteroatoms. The predicted octanol–water partition coefficient (Wildman–Crippen LogP) is 6.05. The molecule has 0 saturated carbocycles.